The van der Waals surface area contributed by atoms with Crippen molar-refractivity contribution < 1.29 is 4.42 Å². The molecule has 4 heterocycles. The van der Waals surface area contributed by atoms with E-state index in [1.807, 2.05) is 55.0 Å². The van der Waals surface area contributed by atoms with Crippen LogP contribution in [0.4, 0.5) is 17.1 Å². The molecule has 0 fully saturated rings. The van der Waals surface area contributed by atoms with E-state index in [9.17, 15) is 0 Å². The minimum Gasteiger partial charge on any atom is -0.454 e. The predicted octanol–water partition coefficient (Wildman–Crippen LogP) is 13.7. The third-order valence-corrected chi connectivity index (χ3v) is 10.8. The summed E-state index contributed by atoms with van der Waals surface area (Å²) in [5.41, 5.74) is 14.4. The molecule has 0 spiro atoms. The molecule has 0 radical (unpaired) electrons. The Morgan fingerprint density at radius 2 is 0.929 bits per heavy atom. The molecule has 262 valence electrons. The first-order valence-corrected chi connectivity index (χ1v) is 18.7. The maximum Gasteiger partial charge on any atom is 0.161 e. The summed E-state index contributed by atoms with van der Waals surface area (Å²) in [5.74, 6) is 0. The van der Waals surface area contributed by atoms with Crippen molar-refractivity contribution in [1.29, 1.82) is 0 Å². The van der Waals surface area contributed by atoms with E-state index in [-0.39, 0.29) is 0 Å². The highest BCUT2D eigenvalue weighted by atomic mass is 16.3. The lowest BCUT2D eigenvalue weighted by Crippen LogP contribution is -2.09. The van der Waals surface area contributed by atoms with Gasteiger partial charge in [0, 0.05) is 57.4 Å². The predicted molar refractivity (Wildman–Crippen MR) is 231 cm³/mol. The van der Waals surface area contributed by atoms with Crippen LogP contribution >= 0.6 is 0 Å². The molecule has 4 aromatic heterocycles. The van der Waals surface area contributed by atoms with Gasteiger partial charge in [-0.25, -0.2) is 0 Å². The Labute approximate surface area is 322 Å². The van der Waals surface area contributed by atoms with Gasteiger partial charge in [-0.05, 0) is 124 Å². The van der Waals surface area contributed by atoms with Gasteiger partial charge in [0.1, 0.15) is 11.1 Å². The Balaban J connectivity index is 0.987. The van der Waals surface area contributed by atoms with E-state index in [0.717, 1.165) is 105 Å². The first-order chi connectivity index (χ1) is 27.7. The zero-order valence-corrected chi connectivity index (χ0v) is 30.2. The highest BCUT2D eigenvalue weighted by Gasteiger charge is 2.17. The number of furan rings is 1. The first kappa shape index (κ1) is 31.9. The van der Waals surface area contributed by atoms with Gasteiger partial charge in [0.2, 0.25) is 0 Å². The largest absolute Gasteiger partial charge is 0.454 e. The average Bonchev–Trinajstić information content (AvgIpc) is 3.66. The average molecular weight is 717 g/mol. The quantitative estimate of drug-likeness (QED) is 0.171. The minimum absolute atomic E-state index is 0.808. The van der Waals surface area contributed by atoms with Crippen LogP contribution in [-0.4, -0.2) is 15.0 Å². The van der Waals surface area contributed by atoms with Crippen LogP contribution in [0.3, 0.4) is 0 Å². The summed E-state index contributed by atoms with van der Waals surface area (Å²) in [6.07, 6.45) is 5.56. The Morgan fingerprint density at radius 3 is 1.61 bits per heavy atom. The molecule has 56 heavy (non-hydrogen) atoms. The Bertz CT molecular complexity index is 3140. The molecule has 0 saturated carbocycles. The summed E-state index contributed by atoms with van der Waals surface area (Å²) < 4.78 is 6.33. The topological polar surface area (TPSA) is 55.1 Å². The second-order valence-electron chi connectivity index (χ2n) is 14.1. The third-order valence-electron chi connectivity index (χ3n) is 10.8. The number of para-hydroxylation sites is 1. The van der Waals surface area contributed by atoms with Crippen molar-refractivity contribution in [2.75, 3.05) is 4.90 Å². The highest BCUT2D eigenvalue weighted by molar-refractivity contribution is 6.07. The molecule has 0 N–H and O–H groups in total. The fourth-order valence-corrected chi connectivity index (χ4v) is 7.92. The van der Waals surface area contributed by atoms with Crippen molar-refractivity contribution >= 4 is 71.7 Å². The summed E-state index contributed by atoms with van der Waals surface area (Å²) in [7, 11) is 0. The van der Waals surface area contributed by atoms with Crippen LogP contribution in [0.25, 0.3) is 88.0 Å². The number of anilines is 3. The van der Waals surface area contributed by atoms with E-state index in [4.69, 9.17) is 4.42 Å². The van der Waals surface area contributed by atoms with Crippen LogP contribution in [0.2, 0.25) is 0 Å². The lowest BCUT2D eigenvalue weighted by molar-refractivity contribution is 0.669. The van der Waals surface area contributed by atoms with Gasteiger partial charge in [-0.15, -0.1) is 0 Å². The minimum atomic E-state index is 0.808. The fraction of sp³-hybridized carbons (Fsp3) is 0. The number of pyridine rings is 3. The van der Waals surface area contributed by atoms with Crippen molar-refractivity contribution in [3.63, 3.8) is 0 Å². The zero-order chi connectivity index (χ0) is 37.0. The van der Waals surface area contributed by atoms with E-state index in [2.05, 4.69) is 159 Å². The number of nitrogens with zero attached hydrogens (tertiary/aromatic N) is 4. The van der Waals surface area contributed by atoms with Gasteiger partial charge >= 0.3 is 0 Å². The molecule has 0 saturated heterocycles. The lowest BCUT2D eigenvalue weighted by Gasteiger charge is -2.26. The molecular formula is C51H32N4O. The molecule has 0 atom stereocenters. The van der Waals surface area contributed by atoms with Crippen LogP contribution in [0, 0.1) is 0 Å². The molecule has 0 amide bonds. The SMILES string of the molecule is c1cnc2cc(-c3ccc(N(c4ccc(-c5ccc6cccnc6c5)cc4)c4ccc5cc(-c6ccnc7c6oc6ccccc67)ccc5c4)cc3)ccc2c1. The normalized spacial score (nSPS) is 11.6. The number of rotatable bonds is 6. The van der Waals surface area contributed by atoms with Gasteiger partial charge in [-0.2, -0.15) is 0 Å². The molecule has 5 heteroatoms. The molecule has 11 aromatic rings. The van der Waals surface area contributed by atoms with Crippen molar-refractivity contribution in [1.82, 2.24) is 15.0 Å². The molecule has 0 aliphatic rings. The number of benzene rings is 7. The summed E-state index contributed by atoms with van der Waals surface area (Å²) in [6.45, 7) is 0. The van der Waals surface area contributed by atoms with Gasteiger partial charge in [0.25, 0.3) is 0 Å². The fourth-order valence-electron chi connectivity index (χ4n) is 7.92. The first-order valence-electron chi connectivity index (χ1n) is 18.7. The summed E-state index contributed by atoms with van der Waals surface area (Å²) >= 11 is 0. The number of hydrogen-bond acceptors (Lipinski definition) is 5. The smallest absolute Gasteiger partial charge is 0.161 e. The van der Waals surface area contributed by atoms with E-state index >= 15 is 0 Å². The van der Waals surface area contributed by atoms with Crippen molar-refractivity contribution in [3.8, 4) is 33.4 Å². The lowest BCUT2D eigenvalue weighted by atomic mass is 10.00. The molecule has 0 aliphatic carbocycles. The van der Waals surface area contributed by atoms with E-state index < -0.39 is 0 Å². The molecule has 11 rings (SSSR count). The van der Waals surface area contributed by atoms with Crippen LogP contribution < -0.4 is 4.90 Å². The zero-order valence-electron chi connectivity index (χ0n) is 30.2. The van der Waals surface area contributed by atoms with Gasteiger partial charge in [-0.1, -0.05) is 91.0 Å². The van der Waals surface area contributed by atoms with Crippen LogP contribution in [0.5, 0.6) is 0 Å². The van der Waals surface area contributed by atoms with E-state index in [1.165, 1.54) is 0 Å². The highest BCUT2D eigenvalue weighted by Crippen LogP contribution is 2.40. The van der Waals surface area contributed by atoms with Crippen LogP contribution in [-0.2, 0) is 0 Å². The maximum absolute atomic E-state index is 6.33. The van der Waals surface area contributed by atoms with Gasteiger partial charge in [0.05, 0.1) is 11.0 Å². The Kier molecular flexibility index (Phi) is 7.42. The van der Waals surface area contributed by atoms with E-state index in [1.54, 1.807) is 0 Å². The van der Waals surface area contributed by atoms with Gasteiger partial charge in [-0.3, -0.25) is 15.0 Å². The molecule has 0 bridgehead atoms. The number of fused-ring (bicyclic) bond motifs is 6. The Hall–Kier alpha value is -7.63. The second kappa shape index (κ2) is 13.0. The van der Waals surface area contributed by atoms with Crippen LogP contribution in [0.1, 0.15) is 0 Å². The van der Waals surface area contributed by atoms with Crippen molar-refractivity contribution in [2.24, 2.45) is 0 Å². The van der Waals surface area contributed by atoms with E-state index in [0.29, 0.717) is 0 Å². The molecule has 5 nitrogen and oxygen atoms in total. The van der Waals surface area contributed by atoms with Crippen molar-refractivity contribution in [2.45, 2.75) is 0 Å². The summed E-state index contributed by atoms with van der Waals surface area (Å²) in [5, 5.41) is 5.59. The second-order valence-corrected chi connectivity index (χ2v) is 14.1. The Morgan fingerprint density at radius 1 is 0.375 bits per heavy atom. The van der Waals surface area contributed by atoms with Crippen LogP contribution in [0.15, 0.2) is 199 Å². The molecule has 0 unspecified atom stereocenters. The maximum atomic E-state index is 6.33. The third kappa shape index (κ3) is 5.53. The van der Waals surface area contributed by atoms with Gasteiger partial charge in [0.15, 0.2) is 5.58 Å². The van der Waals surface area contributed by atoms with Gasteiger partial charge < -0.3 is 9.32 Å². The molecule has 0 aliphatic heterocycles. The monoisotopic (exact) mass is 716 g/mol. The van der Waals surface area contributed by atoms with Crippen molar-refractivity contribution in [3.05, 3.63) is 195 Å². The summed E-state index contributed by atoms with van der Waals surface area (Å²) in [4.78, 5) is 16.2. The molecular weight excluding hydrogens is 685 g/mol. The molecule has 7 aromatic carbocycles. The number of aromatic nitrogens is 3. The standard InChI is InChI=1S/C51H32N4O/c1-2-8-49-46(7-1)50-51(56-49)45(25-28-54-50)41-14-13-38-30-44(24-19-37(38)29-41)55(42-20-15-33(16-21-42)39-11-9-35-5-3-26-52-47(35)31-39)43-22-17-34(18-23-43)40-12-10-36-6-4-27-53-48(36)32-40/h1-32H. The number of hydrogen-bond donors (Lipinski definition) is 0. The summed E-state index contributed by atoms with van der Waals surface area (Å²) in [6, 6.07) is 62.1.